The maximum atomic E-state index is 12.0. The van der Waals surface area contributed by atoms with Crippen LogP contribution in [0.25, 0.3) is 0 Å². The highest BCUT2D eigenvalue weighted by Gasteiger charge is 2.16. The van der Waals surface area contributed by atoms with E-state index in [0.717, 1.165) is 0 Å². The van der Waals surface area contributed by atoms with Gasteiger partial charge in [-0.2, -0.15) is 0 Å². The molecule has 2 N–H and O–H groups in total. The van der Waals surface area contributed by atoms with Crippen LogP contribution < -0.4 is 10.6 Å². The van der Waals surface area contributed by atoms with Gasteiger partial charge in [-0.05, 0) is 42.5 Å². The fraction of sp³-hybridized carbons (Fsp3) is 0. The molecule has 1 amide bonds. The van der Waals surface area contributed by atoms with Crippen molar-refractivity contribution in [3.05, 3.63) is 68.2 Å². The molecule has 0 saturated carbocycles. The summed E-state index contributed by atoms with van der Waals surface area (Å²) in [4.78, 5) is 22.4. The van der Waals surface area contributed by atoms with Gasteiger partial charge in [0.15, 0.2) is 5.11 Å². The largest absolute Gasteiger partial charge is 0.327 e. The van der Waals surface area contributed by atoms with Gasteiger partial charge in [-0.3, -0.25) is 20.2 Å². The number of carbonyl (C=O) groups excluding carboxylic acids is 1. The Kier molecular flexibility index (Phi) is 5.49. The van der Waals surface area contributed by atoms with E-state index in [2.05, 4.69) is 10.6 Å². The molecule has 0 atom stereocenters. The van der Waals surface area contributed by atoms with Gasteiger partial charge in [0.1, 0.15) is 5.69 Å². The van der Waals surface area contributed by atoms with Gasteiger partial charge in [-0.15, -0.1) is 0 Å². The molecular formula is C14H9Cl2N3O3S. The molecule has 0 aliphatic heterocycles. The second kappa shape index (κ2) is 7.36. The monoisotopic (exact) mass is 369 g/mol. The van der Waals surface area contributed by atoms with Gasteiger partial charge in [0, 0.05) is 21.7 Å². The number of nitrogens with zero attached hydrogens (tertiary/aromatic N) is 1. The van der Waals surface area contributed by atoms with E-state index in [0.29, 0.717) is 10.6 Å². The Morgan fingerprint density at radius 1 is 1.13 bits per heavy atom. The number of nitrogens with one attached hydrogen (secondary N) is 2. The van der Waals surface area contributed by atoms with E-state index >= 15 is 0 Å². The number of benzene rings is 2. The topological polar surface area (TPSA) is 84.3 Å². The zero-order valence-electron chi connectivity index (χ0n) is 11.4. The number of hydrogen-bond acceptors (Lipinski definition) is 4. The minimum Gasteiger partial charge on any atom is -0.327 e. The smallest absolute Gasteiger partial charge is 0.294 e. The number of rotatable bonds is 3. The van der Waals surface area contributed by atoms with Gasteiger partial charge in [0.25, 0.3) is 11.6 Å². The van der Waals surface area contributed by atoms with E-state index in [1.165, 1.54) is 24.3 Å². The molecule has 0 spiro atoms. The number of nitro benzene ring substituents is 1. The zero-order chi connectivity index (χ0) is 17.0. The molecule has 23 heavy (non-hydrogen) atoms. The van der Waals surface area contributed by atoms with Gasteiger partial charge in [0.05, 0.1) is 4.92 Å². The number of anilines is 1. The number of hydrogen-bond donors (Lipinski definition) is 2. The molecular weight excluding hydrogens is 361 g/mol. The Morgan fingerprint density at radius 2 is 1.83 bits per heavy atom. The average molecular weight is 370 g/mol. The summed E-state index contributed by atoms with van der Waals surface area (Å²) in [7, 11) is 0. The molecule has 0 aliphatic carbocycles. The average Bonchev–Trinajstić information content (AvgIpc) is 2.48. The second-order valence-corrected chi connectivity index (χ2v) is 5.62. The van der Waals surface area contributed by atoms with Crippen molar-refractivity contribution in [1.82, 2.24) is 5.32 Å². The Morgan fingerprint density at radius 3 is 2.48 bits per heavy atom. The van der Waals surface area contributed by atoms with Crippen molar-refractivity contribution in [3.8, 4) is 0 Å². The van der Waals surface area contributed by atoms with Gasteiger partial charge in [0.2, 0.25) is 0 Å². The molecule has 2 aromatic rings. The molecule has 0 unspecified atom stereocenters. The minimum atomic E-state index is -0.602. The first-order valence-corrected chi connectivity index (χ1v) is 7.35. The summed E-state index contributed by atoms with van der Waals surface area (Å²) in [6, 6.07) is 10.4. The molecule has 0 radical (unpaired) electrons. The molecule has 0 saturated heterocycles. The van der Waals surface area contributed by atoms with Crippen LogP contribution in [0.5, 0.6) is 0 Å². The third-order valence-corrected chi connectivity index (χ3v) is 3.39. The lowest BCUT2D eigenvalue weighted by atomic mass is 10.2. The van der Waals surface area contributed by atoms with Crippen LogP contribution in [0.4, 0.5) is 11.4 Å². The maximum Gasteiger partial charge on any atom is 0.294 e. The Hall–Kier alpha value is -2.22. The molecule has 0 fully saturated rings. The molecule has 2 rings (SSSR count). The molecule has 118 valence electrons. The van der Waals surface area contributed by atoms with E-state index in [-0.39, 0.29) is 21.5 Å². The molecule has 2 aromatic carbocycles. The standard InChI is InChI=1S/C14H9Cl2N3O3S/c15-9-3-1-2-8(6-9)13(20)18-14(23)17-11-5-4-10(16)7-12(11)19(21)22/h1-7H,(H2,17,18,20,23). The van der Waals surface area contributed by atoms with E-state index < -0.39 is 10.8 Å². The molecule has 0 heterocycles. The molecule has 6 nitrogen and oxygen atoms in total. The van der Waals surface area contributed by atoms with Crippen molar-refractivity contribution in [1.29, 1.82) is 0 Å². The predicted octanol–water partition coefficient (Wildman–Crippen LogP) is 4.03. The number of nitro groups is 1. The SMILES string of the molecule is O=C(NC(=S)Nc1ccc(Cl)cc1[N+](=O)[O-])c1cccc(Cl)c1. The summed E-state index contributed by atoms with van der Waals surface area (Å²) in [5.41, 5.74) is 0.180. The Labute approximate surface area is 146 Å². The van der Waals surface area contributed by atoms with Gasteiger partial charge >= 0.3 is 0 Å². The first-order chi connectivity index (χ1) is 10.9. The first kappa shape index (κ1) is 17.1. The molecule has 0 aromatic heterocycles. The Bertz CT molecular complexity index is 799. The van der Waals surface area contributed by atoms with E-state index in [1.807, 2.05) is 0 Å². The highest BCUT2D eigenvalue weighted by Crippen LogP contribution is 2.27. The van der Waals surface area contributed by atoms with Crippen LogP contribution in [-0.2, 0) is 0 Å². The number of thiocarbonyl (C=S) groups is 1. The van der Waals surface area contributed by atoms with Crippen molar-refractivity contribution in [2.45, 2.75) is 0 Å². The van der Waals surface area contributed by atoms with E-state index in [9.17, 15) is 14.9 Å². The maximum absolute atomic E-state index is 12.0. The highest BCUT2D eigenvalue weighted by atomic mass is 35.5. The Balaban J connectivity index is 2.11. The molecule has 9 heteroatoms. The summed E-state index contributed by atoms with van der Waals surface area (Å²) in [5, 5.41) is 16.6. The quantitative estimate of drug-likeness (QED) is 0.484. The molecule has 0 aliphatic rings. The highest BCUT2D eigenvalue weighted by molar-refractivity contribution is 7.80. The molecule has 0 bridgehead atoms. The van der Waals surface area contributed by atoms with Crippen LogP contribution in [0.3, 0.4) is 0 Å². The fourth-order valence-corrected chi connectivity index (χ4v) is 2.28. The van der Waals surface area contributed by atoms with Crippen molar-refractivity contribution < 1.29 is 9.72 Å². The number of halogens is 2. The number of amides is 1. The van der Waals surface area contributed by atoms with Crippen LogP contribution in [0.2, 0.25) is 10.0 Å². The van der Waals surface area contributed by atoms with Gasteiger partial charge in [-0.25, -0.2) is 0 Å². The van der Waals surface area contributed by atoms with Crippen molar-refractivity contribution in [2.75, 3.05) is 5.32 Å². The summed E-state index contributed by atoms with van der Waals surface area (Å²) in [6.07, 6.45) is 0. The van der Waals surface area contributed by atoms with Crippen molar-refractivity contribution in [2.24, 2.45) is 0 Å². The van der Waals surface area contributed by atoms with E-state index in [1.54, 1.807) is 18.2 Å². The normalized spacial score (nSPS) is 10.0. The van der Waals surface area contributed by atoms with Gasteiger partial charge < -0.3 is 5.32 Å². The fourth-order valence-electron chi connectivity index (χ4n) is 1.72. The second-order valence-electron chi connectivity index (χ2n) is 4.34. The lowest BCUT2D eigenvalue weighted by molar-refractivity contribution is -0.383. The van der Waals surface area contributed by atoms with Gasteiger partial charge in [-0.1, -0.05) is 29.3 Å². The van der Waals surface area contributed by atoms with Crippen LogP contribution in [0, 0.1) is 10.1 Å². The van der Waals surface area contributed by atoms with Crippen molar-refractivity contribution >= 4 is 57.8 Å². The third kappa shape index (κ3) is 4.62. The lowest BCUT2D eigenvalue weighted by Gasteiger charge is -2.10. The summed E-state index contributed by atoms with van der Waals surface area (Å²) >= 11 is 16.5. The van der Waals surface area contributed by atoms with Crippen LogP contribution >= 0.6 is 35.4 Å². The zero-order valence-corrected chi connectivity index (χ0v) is 13.7. The first-order valence-electron chi connectivity index (χ1n) is 6.18. The number of carbonyl (C=O) groups is 1. The third-order valence-electron chi connectivity index (χ3n) is 2.72. The summed E-state index contributed by atoms with van der Waals surface area (Å²) < 4.78 is 0. The van der Waals surface area contributed by atoms with E-state index in [4.69, 9.17) is 35.4 Å². The van der Waals surface area contributed by atoms with Crippen LogP contribution in [0.15, 0.2) is 42.5 Å². The van der Waals surface area contributed by atoms with Crippen molar-refractivity contribution in [3.63, 3.8) is 0 Å². The summed E-state index contributed by atoms with van der Waals surface area (Å²) in [6.45, 7) is 0. The predicted molar refractivity (Wildman–Crippen MR) is 93.2 cm³/mol. The summed E-state index contributed by atoms with van der Waals surface area (Å²) in [5.74, 6) is -0.485. The van der Waals surface area contributed by atoms with Crippen LogP contribution in [-0.4, -0.2) is 15.9 Å². The van der Waals surface area contributed by atoms with Crippen LogP contribution in [0.1, 0.15) is 10.4 Å². The minimum absolute atomic E-state index is 0.0830. The lowest BCUT2D eigenvalue weighted by Crippen LogP contribution is -2.34.